The molecule has 0 saturated heterocycles. The van der Waals surface area contributed by atoms with Crippen molar-refractivity contribution in [2.75, 3.05) is 13.2 Å². The van der Waals surface area contributed by atoms with E-state index in [2.05, 4.69) is 0 Å². The van der Waals surface area contributed by atoms with Gasteiger partial charge in [0, 0.05) is 18.4 Å². The molecule has 0 aromatic heterocycles. The van der Waals surface area contributed by atoms with Gasteiger partial charge in [0.15, 0.2) is 0 Å². The van der Waals surface area contributed by atoms with E-state index in [1.54, 1.807) is 6.08 Å². The van der Waals surface area contributed by atoms with Crippen LogP contribution < -0.4 is 5.73 Å². The third kappa shape index (κ3) is 2.41. The van der Waals surface area contributed by atoms with Gasteiger partial charge in [-0.1, -0.05) is 12.2 Å². The summed E-state index contributed by atoms with van der Waals surface area (Å²) in [5.41, 5.74) is 3.40. The third-order valence-electron chi connectivity index (χ3n) is 3.06. The monoisotopic (exact) mass is 231 g/mol. The molecule has 16 heavy (non-hydrogen) atoms. The van der Waals surface area contributed by atoms with Gasteiger partial charge in [-0.3, -0.25) is 4.79 Å². The molecule has 0 radical (unpaired) electrons. The Hall–Kier alpha value is -0.950. The first kappa shape index (κ1) is 13.1. The molecule has 0 bridgehead atoms. The summed E-state index contributed by atoms with van der Waals surface area (Å²) >= 11 is 0. The van der Waals surface area contributed by atoms with Gasteiger partial charge >= 0.3 is 0 Å². The van der Waals surface area contributed by atoms with E-state index in [0.717, 1.165) is 0 Å². The molecule has 6 nitrogen and oxygen atoms in total. The Balaban J connectivity index is 2.77. The Labute approximate surface area is 93.0 Å². The quantitative estimate of drug-likeness (QED) is 0.342. The molecule has 0 aromatic rings. The predicted octanol–water partition coefficient (Wildman–Crippen LogP) is -2.26. The summed E-state index contributed by atoms with van der Waals surface area (Å²) in [6.45, 7) is -0.759. The number of carbonyl (C=O) groups is 1. The SMILES string of the molecule is NC(=O)C(O)CC1C(CO)C=C[C@@]1(O)CO. The average molecular weight is 231 g/mol. The summed E-state index contributed by atoms with van der Waals surface area (Å²) < 4.78 is 0. The first-order valence-electron chi connectivity index (χ1n) is 5.05. The topological polar surface area (TPSA) is 124 Å². The summed E-state index contributed by atoms with van der Waals surface area (Å²) in [6.07, 6.45) is 1.46. The fraction of sp³-hybridized carbons (Fsp3) is 0.700. The van der Waals surface area contributed by atoms with E-state index in [1.165, 1.54) is 6.08 Å². The summed E-state index contributed by atoms with van der Waals surface area (Å²) in [5.74, 6) is -1.90. The van der Waals surface area contributed by atoms with Crippen LogP contribution in [0.5, 0.6) is 0 Å². The fourth-order valence-electron chi connectivity index (χ4n) is 2.01. The Morgan fingerprint density at radius 3 is 2.56 bits per heavy atom. The average Bonchev–Trinajstić information content (AvgIpc) is 2.57. The lowest BCUT2D eigenvalue weighted by atomic mass is 9.81. The van der Waals surface area contributed by atoms with Crippen LogP contribution in [0.2, 0.25) is 0 Å². The second kappa shape index (κ2) is 4.92. The minimum absolute atomic E-state index is 0.0926. The lowest BCUT2D eigenvalue weighted by molar-refractivity contribution is -0.128. The Morgan fingerprint density at radius 1 is 1.50 bits per heavy atom. The maximum atomic E-state index is 10.7. The van der Waals surface area contributed by atoms with Crippen molar-refractivity contribution in [1.82, 2.24) is 0 Å². The Morgan fingerprint density at radius 2 is 2.12 bits per heavy atom. The number of carbonyl (C=O) groups excluding carboxylic acids is 1. The lowest BCUT2D eigenvalue weighted by Crippen LogP contribution is -2.44. The van der Waals surface area contributed by atoms with E-state index < -0.39 is 36.1 Å². The first-order chi connectivity index (χ1) is 7.44. The predicted molar refractivity (Wildman–Crippen MR) is 55.1 cm³/mol. The van der Waals surface area contributed by atoms with Gasteiger partial charge in [0.05, 0.1) is 6.61 Å². The minimum Gasteiger partial charge on any atom is -0.396 e. The number of nitrogens with two attached hydrogens (primary N) is 1. The number of primary amides is 1. The zero-order valence-corrected chi connectivity index (χ0v) is 8.78. The van der Waals surface area contributed by atoms with Crippen LogP contribution in [0.3, 0.4) is 0 Å². The van der Waals surface area contributed by atoms with Crippen LogP contribution in [0, 0.1) is 11.8 Å². The Kier molecular flexibility index (Phi) is 4.03. The van der Waals surface area contributed by atoms with Gasteiger partial charge < -0.3 is 26.2 Å². The van der Waals surface area contributed by atoms with Gasteiger partial charge in [-0.25, -0.2) is 0 Å². The maximum absolute atomic E-state index is 10.7. The first-order valence-corrected chi connectivity index (χ1v) is 5.05. The van der Waals surface area contributed by atoms with Crippen LogP contribution in [0.25, 0.3) is 0 Å². The molecule has 1 rings (SSSR count). The second-order valence-corrected chi connectivity index (χ2v) is 4.12. The smallest absolute Gasteiger partial charge is 0.246 e. The van der Waals surface area contributed by atoms with Gasteiger partial charge in [-0.15, -0.1) is 0 Å². The highest BCUT2D eigenvalue weighted by Crippen LogP contribution is 2.37. The minimum atomic E-state index is -1.51. The number of hydrogen-bond donors (Lipinski definition) is 5. The molecular formula is C10H17NO5. The highest BCUT2D eigenvalue weighted by atomic mass is 16.3. The van der Waals surface area contributed by atoms with Crippen LogP contribution in [0.1, 0.15) is 6.42 Å². The van der Waals surface area contributed by atoms with Crippen molar-refractivity contribution in [3.05, 3.63) is 12.2 Å². The van der Waals surface area contributed by atoms with Crippen molar-refractivity contribution in [3.8, 4) is 0 Å². The molecule has 0 aromatic carbocycles. The van der Waals surface area contributed by atoms with E-state index in [0.29, 0.717) is 0 Å². The molecule has 3 unspecified atom stereocenters. The highest BCUT2D eigenvalue weighted by Gasteiger charge is 2.43. The van der Waals surface area contributed by atoms with Crippen molar-refractivity contribution in [3.63, 3.8) is 0 Å². The molecule has 1 aliphatic carbocycles. The third-order valence-corrected chi connectivity index (χ3v) is 3.06. The van der Waals surface area contributed by atoms with Crippen LogP contribution in [-0.4, -0.2) is 51.3 Å². The van der Waals surface area contributed by atoms with E-state index in [-0.39, 0.29) is 13.0 Å². The van der Waals surface area contributed by atoms with Crippen LogP contribution in [0.15, 0.2) is 12.2 Å². The molecule has 1 aliphatic rings. The van der Waals surface area contributed by atoms with Gasteiger partial charge in [0.1, 0.15) is 11.7 Å². The molecule has 0 spiro atoms. The molecule has 1 amide bonds. The largest absolute Gasteiger partial charge is 0.396 e. The number of hydrogen-bond acceptors (Lipinski definition) is 5. The summed E-state index contributed by atoms with van der Waals surface area (Å²) in [5, 5.41) is 37.5. The van der Waals surface area contributed by atoms with E-state index in [9.17, 15) is 15.0 Å². The summed E-state index contributed by atoms with van der Waals surface area (Å²) in [6, 6.07) is 0. The lowest BCUT2D eigenvalue weighted by Gasteiger charge is -2.31. The van der Waals surface area contributed by atoms with Gasteiger partial charge in [-0.2, -0.15) is 0 Å². The second-order valence-electron chi connectivity index (χ2n) is 4.12. The molecule has 4 atom stereocenters. The van der Waals surface area contributed by atoms with Crippen LogP contribution in [-0.2, 0) is 4.79 Å². The van der Waals surface area contributed by atoms with Gasteiger partial charge in [0.25, 0.3) is 0 Å². The number of rotatable bonds is 5. The molecule has 0 fully saturated rings. The number of aliphatic hydroxyl groups excluding tert-OH is 3. The molecule has 92 valence electrons. The zero-order valence-electron chi connectivity index (χ0n) is 8.78. The van der Waals surface area contributed by atoms with Crippen molar-refractivity contribution in [1.29, 1.82) is 0 Å². The van der Waals surface area contributed by atoms with E-state index in [1.807, 2.05) is 0 Å². The van der Waals surface area contributed by atoms with Gasteiger partial charge in [0.2, 0.25) is 5.91 Å². The van der Waals surface area contributed by atoms with Crippen molar-refractivity contribution < 1.29 is 25.2 Å². The normalized spacial score (nSPS) is 35.2. The maximum Gasteiger partial charge on any atom is 0.246 e. The van der Waals surface area contributed by atoms with Crippen LogP contribution in [0.4, 0.5) is 0 Å². The Bertz CT molecular complexity index is 293. The summed E-state index contributed by atoms with van der Waals surface area (Å²) in [4.78, 5) is 10.7. The fourth-order valence-corrected chi connectivity index (χ4v) is 2.01. The van der Waals surface area contributed by atoms with Crippen molar-refractivity contribution >= 4 is 5.91 Å². The van der Waals surface area contributed by atoms with E-state index in [4.69, 9.17) is 15.9 Å². The molecular weight excluding hydrogens is 214 g/mol. The zero-order chi connectivity index (χ0) is 12.3. The molecule has 6 N–H and O–H groups in total. The summed E-state index contributed by atoms with van der Waals surface area (Å²) in [7, 11) is 0. The molecule has 0 heterocycles. The van der Waals surface area contributed by atoms with E-state index >= 15 is 0 Å². The standard InChI is InChI=1S/C10H17NO5/c11-9(15)8(14)3-7-6(4-12)1-2-10(7,16)5-13/h1-2,6-8,12-14,16H,3-5H2,(H2,11,15)/t6?,7?,8?,10-/m1/s1. The van der Waals surface area contributed by atoms with Crippen molar-refractivity contribution in [2.45, 2.75) is 18.1 Å². The molecule has 0 saturated carbocycles. The molecule has 0 aliphatic heterocycles. The van der Waals surface area contributed by atoms with Crippen molar-refractivity contribution in [2.24, 2.45) is 17.6 Å². The molecule has 6 heteroatoms. The van der Waals surface area contributed by atoms with Crippen LogP contribution >= 0.6 is 0 Å². The highest BCUT2D eigenvalue weighted by molar-refractivity contribution is 5.78. The number of aliphatic hydroxyl groups is 4. The number of amides is 1. The van der Waals surface area contributed by atoms with Gasteiger partial charge in [-0.05, 0) is 6.42 Å².